The summed E-state index contributed by atoms with van der Waals surface area (Å²) < 4.78 is 57.7. The van der Waals surface area contributed by atoms with Gasteiger partial charge in [0.05, 0.1) is 15.9 Å². The van der Waals surface area contributed by atoms with Gasteiger partial charge in [0.25, 0.3) is 0 Å². The number of carboxylic acid groups (broad SMARTS) is 1. The van der Waals surface area contributed by atoms with Crippen LogP contribution in [0.4, 0.5) is 17.6 Å². The Bertz CT molecular complexity index is 1190. The fourth-order valence-corrected chi connectivity index (χ4v) is 4.20. The normalized spacial score (nSPS) is 13.9. The molecular formula is C19H11F4NO3S. The lowest BCUT2D eigenvalue weighted by molar-refractivity contribution is 0.0690. The Morgan fingerprint density at radius 2 is 1.61 bits per heavy atom. The van der Waals surface area contributed by atoms with Gasteiger partial charge in [-0.3, -0.25) is 4.79 Å². The van der Waals surface area contributed by atoms with Crippen molar-refractivity contribution in [1.29, 1.82) is 0 Å². The van der Waals surface area contributed by atoms with E-state index in [1.165, 1.54) is 0 Å². The van der Waals surface area contributed by atoms with Gasteiger partial charge in [-0.05, 0) is 25.0 Å². The van der Waals surface area contributed by atoms with Crippen LogP contribution in [0.15, 0.2) is 45.0 Å². The summed E-state index contributed by atoms with van der Waals surface area (Å²) in [6, 6.07) is 7.92. The molecule has 0 spiro atoms. The Labute approximate surface area is 159 Å². The summed E-state index contributed by atoms with van der Waals surface area (Å²) in [5.74, 6) is -9.47. The van der Waals surface area contributed by atoms with E-state index in [0.717, 1.165) is 16.3 Å². The zero-order valence-electron chi connectivity index (χ0n) is 14.0. The molecule has 144 valence electrons. The number of pyridine rings is 1. The van der Waals surface area contributed by atoms with Gasteiger partial charge in [0.2, 0.25) is 5.43 Å². The molecule has 4 nitrogen and oxygen atoms in total. The Balaban J connectivity index is 2.19. The molecule has 28 heavy (non-hydrogen) atoms. The van der Waals surface area contributed by atoms with E-state index in [9.17, 15) is 32.3 Å². The van der Waals surface area contributed by atoms with E-state index >= 15 is 0 Å². The van der Waals surface area contributed by atoms with Crippen molar-refractivity contribution in [3.05, 3.63) is 69.4 Å². The van der Waals surface area contributed by atoms with Crippen molar-refractivity contribution in [2.75, 3.05) is 0 Å². The molecule has 0 amide bonds. The maximum Gasteiger partial charge on any atom is 0.342 e. The molecule has 2 aromatic carbocycles. The Kier molecular flexibility index (Phi) is 4.41. The van der Waals surface area contributed by atoms with E-state index in [1.807, 2.05) is 0 Å². The first kappa shape index (κ1) is 18.5. The first-order valence-corrected chi connectivity index (χ1v) is 9.05. The third-order valence-corrected chi connectivity index (χ3v) is 5.56. The lowest BCUT2D eigenvalue weighted by Gasteiger charge is -2.19. The van der Waals surface area contributed by atoms with Gasteiger partial charge in [0.15, 0.2) is 23.3 Å². The summed E-state index contributed by atoms with van der Waals surface area (Å²) in [6.45, 7) is 0. The van der Waals surface area contributed by atoms with Gasteiger partial charge in [-0.2, -0.15) is 0 Å². The molecule has 0 radical (unpaired) electrons. The number of halogens is 4. The molecular weight excluding hydrogens is 398 g/mol. The zero-order valence-corrected chi connectivity index (χ0v) is 14.8. The van der Waals surface area contributed by atoms with Crippen LogP contribution < -0.4 is 5.43 Å². The summed E-state index contributed by atoms with van der Waals surface area (Å²) in [5.41, 5.74) is -2.96. The SMILES string of the molecule is O=C(O)c1c(Sc2ccccc2)n(C2CC2)c2c(F)c(F)c(F)c(F)c2c1=O. The number of fused-ring (bicyclic) bond motifs is 1. The summed E-state index contributed by atoms with van der Waals surface area (Å²) >= 11 is 0.868. The second-order valence-electron chi connectivity index (χ2n) is 6.31. The summed E-state index contributed by atoms with van der Waals surface area (Å²) in [5, 5.41) is 8.34. The van der Waals surface area contributed by atoms with Crippen molar-refractivity contribution < 1.29 is 27.5 Å². The summed E-state index contributed by atoms with van der Waals surface area (Å²) in [6.07, 6.45) is 0.999. The maximum atomic E-state index is 14.6. The Morgan fingerprint density at radius 3 is 2.18 bits per heavy atom. The van der Waals surface area contributed by atoms with Crippen molar-refractivity contribution in [3.63, 3.8) is 0 Å². The van der Waals surface area contributed by atoms with Crippen LogP contribution in [0, 0.1) is 23.3 Å². The molecule has 0 bridgehead atoms. The smallest absolute Gasteiger partial charge is 0.342 e. The number of carbonyl (C=O) groups is 1. The number of nitrogens with zero attached hydrogens (tertiary/aromatic N) is 1. The monoisotopic (exact) mass is 409 g/mol. The molecule has 1 aromatic heterocycles. The van der Waals surface area contributed by atoms with Gasteiger partial charge in [0.1, 0.15) is 5.56 Å². The fraction of sp³-hybridized carbons (Fsp3) is 0.158. The molecule has 9 heteroatoms. The number of aromatic nitrogens is 1. The van der Waals surface area contributed by atoms with Crippen LogP contribution in [-0.4, -0.2) is 15.6 Å². The minimum atomic E-state index is -2.15. The fourth-order valence-electron chi connectivity index (χ4n) is 3.07. The van der Waals surface area contributed by atoms with Gasteiger partial charge in [-0.1, -0.05) is 30.0 Å². The Morgan fingerprint density at radius 1 is 1.00 bits per heavy atom. The first-order valence-electron chi connectivity index (χ1n) is 8.23. The molecule has 0 aliphatic heterocycles. The molecule has 1 fully saturated rings. The standard InChI is InChI=1S/C19H11F4NO3S/c20-12-10-16(15(23)14(22)13(12)21)24(8-6-7-8)18(11(17(10)25)19(26)27)28-9-4-2-1-3-5-9/h1-5,8H,6-7H2,(H,26,27). The van der Waals surface area contributed by atoms with Crippen LogP contribution in [0.2, 0.25) is 0 Å². The van der Waals surface area contributed by atoms with Crippen LogP contribution in [0.5, 0.6) is 0 Å². The summed E-state index contributed by atoms with van der Waals surface area (Å²) in [7, 11) is 0. The minimum absolute atomic E-state index is 0.150. The molecule has 1 aliphatic rings. The number of aromatic carboxylic acids is 1. The largest absolute Gasteiger partial charge is 0.477 e. The van der Waals surface area contributed by atoms with Crippen molar-refractivity contribution in [2.24, 2.45) is 0 Å². The van der Waals surface area contributed by atoms with Crippen LogP contribution in [-0.2, 0) is 0 Å². The molecule has 1 N–H and O–H groups in total. The number of hydrogen-bond acceptors (Lipinski definition) is 3. The maximum absolute atomic E-state index is 14.6. The molecule has 1 aliphatic carbocycles. The number of hydrogen-bond donors (Lipinski definition) is 1. The van der Waals surface area contributed by atoms with E-state index in [1.54, 1.807) is 30.3 Å². The second kappa shape index (κ2) is 6.66. The molecule has 0 atom stereocenters. The van der Waals surface area contributed by atoms with E-state index in [-0.39, 0.29) is 5.03 Å². The highest BCUT2D eigenvalue weighted by molar-refractivity contribution is 7.99. The minimum Gasteiger partial charge on any atom is -0.477 e. The van der Waals surface area contributed by atoms with Crippen LogP contribution in [0.1, 0.15) is 29.2 Å². The predicted octanol–water partition coefficient (Wildman–Crippen LogP) is 4.74. The van der Waals surface area contributed by atoms with Crippen molar-refractivity contribution in [1.82, 2.24) is 4.57 Å². The molecule has 1 saturated carbocycles. The van der Waals surface area contributed by atoms with Gasteiger partial charge >= 0.3 is 5.97 Å². The average molecular weight is 409 g/mol. The average Bonchev–Trinajstić information content (AvgIpc) is 3.49. The van der Waals surface area contributed by atoms with Gasteiger partial charge in [0, 0.05) is 10.9 Å². The van der Waals surface area contributed by atoms with Gasteiger partial charge in [-0.15, -0.1) is 0 Å². The second-order valence-corrected chi connectivity index (χ2v) is 7.37. The van der Waals surface area contributed by atoms with Crippen LogP contribution >= 0.6 is 11.8 Å². The van der Waals surface area contributed by atoms with E-state index in [2.05, 4.69) is 0 Å². The number of carboxylic acids is 1. The molecule has 3 aromatic rings. The zero-order chi connectivity index (χ0) is 20.2. The lowest BCUT2D eigenvalue weighted by atomic mass is 10.1. The van der Waals surface area contributed by atoms with Crippen molar-refractivity contribution in [3.8, 4) is 0 Å². The highest BCUT2D eigenvalue weighted by Crippen LogP contribution is 2.44. The van der Waals surface area contributed by atoms with Crippen LogP contribution in [0.25, 0.3) is 10.9 Å². The van der Waals surface area contributed by atoms with E-state index in [4.69, 9.17) is 0 Å². The van der Waals surface area contributed by atoms with Crippen LogP contribution in [0.3, 0.4) is 0 Å². The molecule has 1 heterocycles. The number of rotatable bonds is 4. The first-order chi connectivity index (χ1) is 13.3. The molecule has 4 rings (SSSR count). The number of benzene rings is 2. The topological polar surface area (TPSA) is 59.3 Å². The van der Waals surface area contributed by atoms with Crippen molar-refractivity contribution in [2.45, 2.75) is 28.8 Å². The summed E-state index contributed by atoms with van der Waals surface area (Å²) in [4.78, 5) is 25.1. The third kappa shape index (κ3) is 2.77. The molecule has 0 unspecified atom stereocenters. The molecule has 0 saturated heterocycles. The lowest BCUT2D eigenvalue weighted by Crippen LogP contribution is -2.24. The quantitative estimate of drug-likeness (QED) is 0.384. The van der Waals surface area contributed by atoms with Gasteiger partial charge in [-0.25, -0.2) is 22.4 Å². The highest BCUT2D eigenvalue weighted by atomic mass is 32.2. The third-order valence-electron chi connectivity index (χ3n) is 4.45. The Hall–Kier alpha value is -2.81. The van der Waals surface area contributed by atoms with Gasteiger partial charge < -0.3 is 9.67 Å². The highest BCUT2D eigenvalue weighted by Gasteiger charge is 2.36. The predicted molar refractivity (Wildman–Crippen MR) is 93.8 cm³/mol. The van der Waals surface area contributed by atoms with E-state index < -0.39 is 57.2 Å². The van der Waals surface area contributed by atoms with Crippen molar-refractivity contribution >= 4 is 28.6 Å². The van der Waals surface area contributed by atoms with E-state index in [0.29, 0.717) is 17.7 Å².